The Bertz CT molecular complexity index is 422. The summed E-state index contributed by atoms with van der Waals surface area (Å²) >= 11 is 0. The molecule has 0 spiro atoms. The van der Waals surface area contributed by atoms with Crippen LogP contribution in [0.15, 0.2) is 12.1 Å². The molecule has 0 aliphatic carbocycles. The molecule has 5 heteroatoms. The average Bonchev–Trinajstić information content (AvgIpc) is 2.20. The number of rotatable bonds is 3. The highest BCUT2D eigenvalue weighted by Crippen LogP contribution is 2.33. The number of carboxylic acid groups (broad SMARTS) is 1. The Morgan fingerprint density at radius 1 is 1.33 bits per heavy atom. The number of hydrogen-bond donors (Lipinski definition) is 2. The molecule has 0 amide bonds. The number of carbonyl (C=O) groups excluding carboxylic acids is 1. The van der Waals surface area contributed by atoms with Gasteiger partial charge in [-0.05, 0) is 18.6 Å². The standard InChI is InChI=1S/C10H10O5/c1-5-3-4-6(8(12)10(13)14)9(15-2)7(5)11/h3-4,11H,1-2H3,(H,13,14). The first-order chi connectivity index (χ1) is 6.99. The predicted molar refractivity (Wildman–Crippen MR) is 51.4 cm³/mol. The van der Waals surface area contributed by atoms with Gasteiger partial charge in [0.25, 0.3) is 5.78 Å². The number of hydrogen-bond acceptors (Lipinski definition) is 4. The van der Waals surface area contributed by atoms with Crippen LogP contribution in [0.4, 0.5) is 0 Å². The fourth-order valence-corrected chi connectivity index (χ4v) is 1.17. The normalized spacial score (nSPS) is 9.73. The first kappa shape index (κ1) is 11.0. The molecule has 1 aromatic rings. The number of carboxylic acids is 1. The van der Waals surface area contributed by atoms with E-state index in [9.17, 15) is 14.7 Å². The number of aliphatic carboxylic acids is 1. The van der Waals surface area contributed by atoms with Crippen LogP contribution in [0.5, 0.6) is 11.5 Å². The number of carbonyl (C=O) groups is 2. The molecule has 0 radical (unpaired) electrons. The highest BCUT2D eigenvalue weighted by Gasteiger charge is 2.22. The zero-order valence-electron chi connectivity index (χ0n) is 8.27. The summed E-state index contributed by atoms with van der Waals surface area (Å²) in [6.45, 7) is 1.62. The van der Waals surface area contributed by atoms with Crippen molar-refractivity contribution in [3.63, 3.8) is 0 Å². The molecule has 80 valence electrons. The van der Waals surface area contributed by atoms with Crippen molar-refractivity contribution < 1.29 is 24.5 Å². The summed E-state index contributed by atoms with van der Waals surface area (Å²) in [5, 5.41) is 18.1. The Morgan fingerprint density at radius 3 is 2.40 bits per heavy atom. The van der Waals surface area contributed by atoms with Crippen LogP contribution in [0.1, 0.15) is 15.9 Å². The minimum absolute atomic E-state index is 0.109. The first-order valence-electron chi connectivity index (χ1n) is 4.13. The van der Waals surface area contributed by atoms with E-state index in [1.165, 1.54) is 19.2 Å². The molecule has 0 aromatic heterocycles. The number of benzene rings is 1. The summed E-state index contributed by atoms with van der Waals surface area (Å²) in [6, 6.07) is 2.76. The number of methoxy groups -OCH3 is 1. The van der Waals surface area contributed by atoms with Gasteiger partial charge in [0.2, 0.25) is 0 Å². The Hall–Kier alpha value is -2.04. The summed E-state index contributed by atoms with van der Waals surface area (Å²) in [5.74, 6) is -3.02. The molecule has 0 bridgehead atoms. The van der Waals surface area contributed by atoms with Crippen molar-refractivity contribution in [3.05, 3.63) is 23.3 Å². The molecule has 0 unspecified atom stereocenters. The third kappa shape index (κ3) is 1.90. The number of phenolic OH excluding ortho intramolecular Hbond substituents is 1. The van der Waals surface area contributed by atoms with Crippen molar-refractivity contribution in [2.24, 2.45) is 0 Å². The lowest BCUT2D eigenvalue weighted by Crippen LogP contribution is -2.14. The maximum atomic E-state index is 11.2. The van der Waals surface area contributed by atoms with Gasteiger partial charge in [0, 0.05) is 0 Å². The molecule has 5 nitrogen and oxygen atoms in total. The van der Waals surface area contributed by atoms with E-state index in [-0.39, 0.29) is 17.1 Å². The third-order valence-electron chi connectivity index (χ3n) is 1.98. The van der Waals surface area contributed by atoms with Crippen molar-refractivity contribution in [2.45, 2.75) is 6.92 Å². The van der Waals surface area contributed by atoms with Crippen LogP contribution in [0.25, 0.3) is 0 Å². The molecule has 1 aromatic carbocycles. The zero-order valence-corrected chi connectivity index (χ0v) is 8.27. The Labute approximate surface area is 85.9 Å². The van der Waals surface area contributed by atoms with Gasteiger partial charge in [-0.1, -0.05) is 6.07 Å². The molecular weight excluding hydrogens is 200 g/mol. The number of ketones is 1. The van der Waals surface area contributed by atoms with E-state index in [1.807, 2.05) is 0 Å². The molecule has 0 saturated heterocycles. The molecule has 0 aliphatic heterocycles. The number of aryl methyl sites for hydroxylation is 1. The maximum Gasteiger partial charge on any atom is 0.377 e. The molecule has 0 fully saturated rings. The third-order valence-corrected chi connectivity index (χ3v) is 1.98. The van der Waals surface area contributed by atoms with E-state index >= 15 is 0 Å². The monoisotopic (exact) mass is 210 g/mol. The van der Waals surface area contributed by atoms with Crippen LogP contribution in [0, 0.1) is 6.92 Å². The van der Waals surface area contributed by atoms with Gasteiger partial charge >= 0.3 is 5.97 Å². The lowest BCUT2D eigenvalue weighted by atomic mass is 10.1. The number of aromatic hydroxyl groups is 1. The minimum atomic E-state index is -1.59. The molecule has 2 N–H and O–H groups in total. The molecular formula is C10H10O5. The second-order valence-corrected chi connectivity index (χ2v) is 2.95. The van der Waals surface area contributed by atoms with Crippen LogP contribution in [0.2, 0.25) is 0 Å². The van der Waals surface area contributed by atoms with Crippen molar-refractivity contribution in [3.8, 4) is 11.5 Å². The fourth-order valence-electron chi connectivity index (χ4n) is 1.17. The Kier molecular flexibility index (Phi) is 2.94. The molecule has 0 atom stereocenters. The molecule has 1 rings (SSSR count). The summed E-state index contributed by atoms with van der Waals surface area (Å²) in [4.78, 5) is 21.7. The van der Waals surface area contributed by atoms with Crippen LogP contribution < -0.4 is 4.74 Å². The number of ether oxygens (including phenoxy) is 1. The Balaban J connectivity index is 3.37. The fraction of sp³-hybridized carbons (Fsp3) is 0.200. The molecule has 0 aliphatic rings. The molecule has 15 heavy (non-hydrogen) atoms. The van der Waals surface area contributed by atoms with Crippen molar-refractivity contribution in [1.82, 2.24) is 0 Å². The summed E-state index contributed by atoms with van der Waals surface area (Å²) < 4.78 is 4.79. The summed E-state index contributed by atoms with van der Waals surface area (Å²) in [5.41, 5.74) is 0.349. The lowest BCUT2D eigenvalue weighted by Gasteiger charge is -2.09. The van der Waals surface area contributed by atoms with Crippen LogP contribution in [-0.2, 0) is 4.79 Å². The van der Waals surface area contributed by atoms with E-state index in [1.54, 1.807) is 6.92 Å². The minimum Gasteiger partial charge on any atom is -0.504 e. The first-order valence-corrected chi connectivity index (χ1v) is 4.13. The highest BCUT2D eigenvalue weighted by atomic mass is 16.5. The van der Waals surface area contributed by atoms with Crippen LogP contribution in [0.3, 0.4) is 0 Å². The van der Waals surface area contributed by atoms with E-state index in [4.69, 9.17) is 9.84 Å². The van der Waals surface area contributed by atoms with Crippen molar-refractivity contribution >= 4 is 11.8 Å². The molecule has 0 heterocycles. The maximum absolute atomic E-state index is 11.2. The van der Waals surface area contributed by atoms with E-state index in [2.05, 4.69) is 0 Å². The Morgan fingerprint density at radius 2 is 1.93 bits per heavy atom. The average molecular weight is 210 g/mol. The van der Waals surface area contributed by atoms with Gasteiger partial charge in [0.05, 0.1) is 12.7 Å². The molecule has 0 saturated carbocycles. The highest BCUT2D eigenvalue weighted by molar-refractivity contribution is 6.40. The SMILES string of the molecule is COc1c(C(=O)C(=O)O)ccc(C)c1O. The van der Waals surface area contributed by atoms with Gasteiger partial charge < -0.3 is 14.9 Å². The topological polar surface area (TPSA) is 83.8 Å². The quantitative estimate of drug-likeness (QED) is 0.573. The lowest BCUT2D eigenvalue weighted by molar-refractivity contribution is -0.131. The number of Topliss-reactive ketones (excluding diaryl/α,β-unsaturated/α-hetero) is 1. The van der Waals surface area contributed by atoms with E-state index in [0.717, 1.165) is 0 Å². The van der Waals surface area contributed by atoms with Crippen LogP contribution >= 0.6 is 0 Å². The van der Waals surface area contributed by atoms with Gasteiger partial charge in [0.1, 0.15) is 0 Å². The number of phenols is 1. The van der Waals surface area contributed by atoms with Gasteiger partial charge in [-0.2, -0.15) is 0 Å². The van der Waals surface area contributed by atoms with Gasteiger partial charge in [-0.25, -0.2) is 4.79 Å². The van der Waals surface area contributed by atoms with Gasteiger partial charge in [0.15, 0.2) is 11.5 Å². The zero-order chi connectivity index (χ0) is 11.6. The van der Waals surface area contributed by atoms with E-state index in [0.29, 0.717) is 5.56 Å². The van der Waals surface area contributed by atoms with Crippen molar-refractivity contribution in [2.75, 3.05) is 7.11 Å². The van der Waals surface area contributed by atoms with Gasteiger partial charge in [-0.15, -0.1) is 0 Å². The second-order valence-electron chi connectivity index (χ2n) is 2.95. The van der Waals surface area contributed by atoms with Crippen molar-refractivity contribution in [1.29, 1.82) is 0 Å². The summed E-state index contributed by atoms with van der Waals surface area (Å²) in [7, 11) is 1.26. The summed E-state index contributed by atoms with van der Waals surface area (Å²) in [6.07, 6.45) is 0. The largest absolute Gasteiger partial charge is 0.504 e. The predicted octanol–water partition coefficient (Wildman–Crippen LogP) is 0.977. The van der Waals surface area contributed by atoms with Crippen LogP contribution in [-0.4, -0.2) is 29.1 Å². The smallest absolute Gasteiger partial charge is 0.377 e. The second kappa shape index (κ2) is 4.00. The van der Waals surface area contributed by atoms with E-state index < -0.39 is 11.8 Å². The van der Waals surface area contributed by atoms with Gasteiger partial charge in [-0.3, -0.25) is 4.79 Å².